The van der Waals surface area contributed by atoms with Crippen LogP contribution in [0, 0.1) is 17.8 Å². The molecule has 2 rings (SSSR count). The summed E-state index contributed by atoms with van der Waals surface area (Å²) in [6, 6.07) is 8.58. The lowest BCUT2D eigenvalue weighted by Crippen LogP contribution is -2.23. The highest BCUT2D eigenvalue weighted by Crippen LogP contribution is 2.41. The lowest BCUT2D eigenvalue weighted by molar-refractivity contribution is 0.511. The summed E-state index contributed by atoms with van der Waals surface area (Å²) in [5, 5.41) is 4.30. The third kappa shape index (κ3) is 3.01. The van der Waals surface area contributed by atoms with Gasteiger partial charge in [-0.05, 0) is 43.4 Å². The summed E-state index contributed by atoms with van der Waals surface area (Å²) in [7, 11) is 0. The van der Waals surface area contributed by atoms with Gasteiger partial charge in [0, 0.05) is 11.1 Å². The van der Waals surface area contributed by atoms with Crippen LogP contribution in [-0.4, -0.2) is 6.54 Å². The molecule has 1 unspecified atom stereocenters. The zero-order valence-corrected chi connectivity index (χ0v) is 10.2. The Bertz CT molecular complexity index is 395. The second-order valence-corrected chi connectivity index (χ2v) is 4.61. The van der Waals surface area contributed by atoms with Gasteiger partial charge in [0.05, 0.1) is 6.54 Å². The Morgan fingerprint density at radius 1 is 1.38 bits per heavy atom. The average molecular weight is 234 g/mol. The van der Waals surface area contributed by atoms with Gasteiger partial charge in [0.15, 0.2) is 0 Å². The molecule has 1 fully saturated rings. The minimum Gasteiger partial charge on any atom is -0.299 e. The van der Waals surface area contributed by atoms with Gasteiger partial charge in [0.2, 0.25) is 0 Å². The fraction of sp³-hybridized carbons (Fsp3) is 0.429. The van der Waals surface area contributed by atoms with E-state index in [4.69, 9.17) is 11.6 Å². The number of benzene rings is 1. The predicted molar refractivity (Wildman–Crippen MR) is 68.4 cm³/mol. The fourth-order valence-electron chi connectivity index (χ4n) is 1.91. The number of hydrogen-bond acceptors (Lipinski definition) is 1. The second-order valence-electron chi connectivity index (χ2n) is 4.17. The molecule has 1 nitrogen and oxygen atoms in total. The molecule has 0 aliphatic heterocycles. The molecule has 1 atom stereocenters. The standard InChI is InChI=1S/C14H16ClN/c1-2-3-10-16-14(11-4-5-11)12-6-8-13(15)9-7-12/h6-9,11,14,16H,4-5,10H2,1H3. The number of rotatable bonds is 4. The normalized spacial score (nSPS) is 16.4. The predicted octanol–water partition coefficient (Wildman–Crippen LogP) is 3.40. The van der Waals surface area contributed by atoms with Crippen LogP contribution in [0.4, 0.5) is 0 Å². The molecule has 0 spiro atoms. The largest absolute Gasteiger partial charge is 0.299 e. The summed E-state index contributed by atoms with van der Waals surface area (Å²) in [5.41, 5.74) is 1.32. The van der Waals surface area contributed by atoms with E-state index in [2.05, 4.69) is 29.3 Å². The third-order valence-electron chi connectivity index (χ3n) is 2.91. The SMILES string of the molecule is CC#CCNC(c1ccc(Cl)cc1)C1CC1. The van der Waals surface area contributed by atoms with Crippen LogP contribution in [0.15, 0.2) is 24.3 Å². The van der Waals surface area contributed by atoms with Crippen molar-refractivity contribution in [2.75, 3.05) is 6.54 Å². The molecule has 0 bridgehead atoms. The summed E-state index contributed by atoms with van der Waals surface area (Å²) in [6.45, 7) is 2.64. The maximum Gasteiger partial charge on any atom is 0.0581 e. The number of hydrogen-bond donors (Lipinski definition) is 1. The van der Waals surface area contributed by atoms with E-state index < -0.39 is 0 Å². The Hall–Kier alpha value is -0.970. The van der Waals surface area contributed by atoms with Gasteiger partial charge in [-0.3, -0.25) is 5.32 Å². The molecule has 1 N–H and O–H groups in total. The topological polar surface area (TPSA) is 12.0 Å². The molecule has 2 heteroatoms. The monoisotopic (exact) mass is 233 g/mol. The molecule has 0 amide bonds. The summed E-state index contributed by atoms with van der Waals surface area (Å²) in [4.78, 5) is 0. The highest BCUT2D eigenvalue weighted by atomic mass is 35.5. The Kier molecular flexibility index (Phi) is 3.88. The Morgan fingerprint density at radius 2 is 2.06 bits per heavy atom. The quantitative estimate of drug-likeness (QED) is 0.786. The molecule has 1 aliphatic rings. The summed E-state index contributed by atoms with van der Waals surface area (Å²) in [6.07, 6.45) is 2.64. The van der Waals surface area contributed by atoms with E-state index in [1.54, 1.807) is 0 Å². The van der Waals surface area contributed by atoms with Crippen molar-refractivity contribution in [3.05, 3.63) is 34.9 Å². The van der Waals surface area contributed by atoms with Gasteiger partial charge in [-0.2, -0.15) is 0 Å². The van der Waals surface area contributed by atoms with Crippen LogP contribution in [0.1, 0.15) is 31.4 Å². The molecule has 1 saturated carbocycles. The highest BCUT2D eigenvalue weighted by Gasteiger charge is 2.31. The van der Waals surface area contributed by atoms with Gasteiger partial charge in [0.25, 0.3) is 0 Å². The molecule has 0 heterocycles. The first-order valence-corrected chi connectivity index (χ1v) is 6.07. The number of halogens is 1. The van der Waals surface area contributed by atoms with Gasteiger partial charge in [0.1, 0.15) is 0 Å². The van der Waals surface area contributed by atoms with Crippen molar-refractivity contribution in [1.29, 1.82) is 0 Å². The van der Waals surface area contributed by atoms with Crippen molar-refractivity contribution < 1.29 is 0 Å². The van der Waals surface area contributed by atoms with Crippen molar-refractivity contribution in [1.82, 2.24) is 5.32 Å². The van der Waals surface area contributed by atoms with E-state index in [1.807, 2.05) is 19.1 Å². The minimum absolute atomic E-state index is 0.443. The van der Waals surface area contributed by atoms with Crippen LogP contribution in [-0.2, 0) is 0 Å². The van der Waals surface area contributed by atoms with E-state index >= 15 is 0 Å². The molecular formula is C14H16ClN. The molecular weight excluding hydrogens is 218 g/mol. The average Bonchev–Trinajstić information content (AvgIpc) is 3.10. The van der Waals surface area contributed by atoms with E-state index in [0.29, 0.717) is 6.04 Å². The maximum absolute atomic E-state index is 5.90. The van der Waals surface area contributed by atoms with Crippen molar-refractivity contribution >= 4 is 11.6 Å². The summed E-state index contributed by atoms with van der Waals surface area (Å²) in [5.74, 6) is 6.74. The lowest BCUT2D eigenvalue weighted by Gasteiger charge is -2.17. The molecule has 1 aromatic rings. The highest BCUT2D eigenvalue weighted by molar-refractivity contribution is 6.30. The van der Waals surface area contributed by atoms with Crippen LogP contribution >= 0.6 is 11.6 Å². The minimum atomic E-state index is 0.443. The molecule has 16 heavy (non-hydrogen) atoms. The van der Waals surface area contributed by atoms with E-state index in [0.717, 1.165) is 17.5 Å². The van der Waals surface area contributed by atoms with Crippen molar-refractivity contribution in [2.24, 2.45) is 5.92 Å². The van der Waals surface area contributed by atoms with Gasteiger partial charge >= 0.3 is 0 Å². The van der Waals surface area contributed by atoms with E-state index in [1.165, 1.54) is 18.4 Å². The van der Waals surface area contributed by atoms with Gasteiger partial charge in [-0.15, -0.1) is 5.92 Å². The van der Waals surface area contributed by atoms with Crippen molar-refractivity contribution in [2.45, 2.75) is 25.8 Å². The van der Waals surface area contributed by atoms with Crippen molar-refractivity contribution in [3.8, 4) is 11.8 Å². The molecule has 84 valence electrons. The lowest BCUT2D eigenvalue weighted by atomic mass is 10.0. The van der Waals surface area contributed by atoms with E-state index in [-0.39, 0.29) is 0 Å². The maximum atomic E-state index is 5.90. The summed E-state index contributed by atoms with van der Waals surface area (Å²) < 4.78 is 0. The molecule has 1 aliphatic carbocycles. The number of nitrogens with one attached hydrogen (secondary N) is 1. The van der Waals surface area contributed by atoms with Crippen LogP contribution in [0.2, 0.25) is 5.02 Å². The van der Waals surface area contributed by atoms with Crippen LogP contribution in [0.25, 0.3) is 0 Å². The Balaban J connectivity index is 2.05. The second kappa shape index (κ2) is 5.39. The molecule has 0 saturated heterocycles. The molecule has 0 radical (unpaired) electrons. The summed E-state index contributed by atoms with van der Waals surface area (Å²) >= 11 is 5.90. The smallest absolute Gasteiger partial charge is 0.0581 e. The van der Waals surface area contributed by atoms with Gasteiger partial charge in [-0.25, -0.2) is 0 Å². The van der Waals surface area contributed by atoms with Crippen LogP contribution < -0.4 is 5.32 Å². The first kappa shape index (κ1) is 11.5. The molecule has 1 aromatic carbocycles. The van der Waals surface area contributed by atoms with Crippen LogP contribution in [0.3, 0.4) is 0 Å². The zero-order chi connectivity index (χ0) is 11.4. The third-order valence-corrected chi connectivity index (χ3v) is 3.16. The fourth-order valence-corrected chi connectivity index (χ4v) is 2.03. The Labute approximate surface area is 102 Å². The molecule has 0 aromatic heterocycles. The van der Waals surface area contributed by atoms with E-state index in [9.17, 15) is 0 Å². The van der Waals surface area contributed by atoms with Gasteiger partial charge < -0.3 is 0 Å². The first-order valence-electron chi connectivity index (χ1n) is 5.69. The zero-order valence-electron chi connectivity index (χ0n) is 9.46. The van der Waals surface area contributed by atoms with Crippen LogP contribution in [0.5, 0.6) is 0 Å². The first-order chi connectivity index (χ1) is 7.81. The van der Waals surface area contributed by atoms with Gasteiger partial charge in [-0.1, -0.05) is 29.7 Å². The van der Waals surface area contributed by atoms with Crippen molar-refractivity contribution in [3.63, 3.8) is 0 Å². The Morgan fingerprint density at radius 3 is 2.62 bits per heavy atom.